The third-order valence-corrected chi connectivity index (χ3v) is 6.64. The van der Waals surface area contributed by atoms with Crippen LogP contribution < -0.4 is 9.80 Å². The molecule has 1 aromatic heterocycles. The topological polar surface area (TPSA) is 51.3 Å². The van der Waals surface area contributed by atoms with Gasteiger partial charge in [-0.2, -0.15) is 0 Å². The first-order chi connectivity index (χ1) is 13.4. The summed E-state index contributed by atoms with van der Waals surface area (Å²) in [6.07, 6.45) is 3.28. The molecule has 6 heteroatoms. The number of piperazine rings is 1. The van der Waals surface area contributed by atoms with Crippen LogP contribution in [-0.4, -0.2) is 46.4 Å². The van der Waals surface area contributed by atoms with Crippen molar-refractivity contribution in [2.75, 3.05) is 31.1 Å². The van der Waals surface area contributed by atoms with Gasteiger partial charge in [0.2, 0.25) is 5.82 Å². The van der Waals surface area contributed by atoms with Gasteiger partial charge in [0.05, 0.1) is 31.7 Å². The molecule has 1 N–H and O–H groups in total. The second-order valence-electron chi connectivity index (χ2n) is 8.82. The maximum atomic E-state index is 4.49. The van der Waals surface area contributed by atoms with E-state index in [1.807, 2.05) is 0 Å². The fourth-order valence-electron chi connectivity index (χ4n) is 4.26. The Hall–Kier alpha value is -1.95. The average molecular weight is 386 g/mol. The van der Waals surface area contributed by atoms with Crippen molar-refractivity contribution in [2.24, 2.45) is 0 Å². The molecule has 2 heterocycles. The normalized spacial score (nSPS) is 17.1. The van der Waals surface area contributed by atoms with E-state index in [1.165, 1.54) is 16.8 Å². The van der Waals surface area contributed by atoms with Crippen LogP contribution in [-0.2, 0) is 5.54 Å². The molecular weight excluding hydrogens is 348 g/mol. The zero-order valence-corrected chi connectivity index (χ0v) is 18.5. The van der Waals surface area contributed by atoms with Gasteiger partial charge in [0, 0.05) is 12.1 Å². The molecule has 0 radical (unpaired) electrons. The Bertz CT molecular complexity index is 773. The van der Waals surface area contributed by atoms with Crippen LogP contribution in [0.25, 0.3) is 0 Å². The van der Waals surface area contributed by atoms with Crippen LogP contribution in [0.4, 0.5) is 5.69 Å². The molecule has 0 unspecified atom stereocenters. The van der Waals surface area contributed by atoms with E-state index in [2.05, 4.69) is 84.8 Å². The molecule has 1 aromatic carbocycles. The summed E-state index contributed by atoms with van der Waals surface area (Å²) in [7, 11) is 0. The number of nitrogens with one attached hydrogen (secondary N) is 1. The lowest BCUT2D eigenvalue weighted by Gasteiger charge is -2.38. The Balaban J connectivity index is 1.78. The predicted molar refractivity (Wildman–Crippen MR) is 114 cm³/mol. The Morgan fingerprint density at radius 1 is 1.14 bits per heavy atom. The highest BCUT2D eigenvalue weighted by atomic mass is 15.6. The molecule has 154 valence electrons. The number of aryl methyl sites for hydroxylation is 1. The van der Waals surface area contributed by atoms with Gasteiger partial charge in [0.1, 0.15) is 6.04 Å². The predicted octanol–water partition coefficient (Wildman–Crippen LogP) is 2.68. The van der Waals surface area contributed by atoms with Crippen LogP contribution in [0, 0.1) is 13.8 Å². The number of hydrogen-bond acceptors (Lipinski definition) is 4. The van der Waals surface area contributed by atoms with Crippen LogP contribution in [0.3, 0.4) is 0 Å². The summed E-state index contributed by atoms with van der Waals surface area (Å²) in [6.45, 7) is 17.8. The molecule has 1 fully saturated rings. The molecule has 0 amide bonds. The summed E-state index contributed by atoms with van der Waals surface area (Å²) in [6, 6.07) is 7.01. The van der Waals surface area contributed by atoms with E-state index >= 15 is 0 Å². The molecule has 2 aromatic rings. The number of anilines is 1. The molecule has 0 saturated carbocycles. The minimum absolute atomic E-state index is 0.0508. The summed E-state index contributed by atoms with van der Waals surface area (Å²) in [5.74, 6) is 1.06. The quantitative estimate of drug-likeness (QED) is 0.796. The monoisotopic (exact) mass is 385 g/mol. The van der Waals surface area contributed by atoms with Crippen LogP contribution in [0.2, 0.25) is 0 Å². The van der Waals surface area contributed by atoms with Crippen LogP contribution in [0.5, 0.6) is 0 Å². The highest BCUT2D eigenvalue weighted by Gasteiger charge is 2.35. The van der Waals surface area contributed by atoms with Crippen molar-refractivity contribution < 1.29 is 4.90 Å². The summed E-state index contributed by atoms with van der Waals surface area (Å²) in [4.78, 5) is 4.17. The van der Waals surface area contributed by atoms with E-state index in [9.17, 15) is 0 Å². The number of tetrazole rings is 1. The van der Waals surface area contributed by atoms with Gasteiger partial charge in [-0.3, -0.25) is 0 Å². The van der Waals surface area contributed by atoms with E-state index in [0.29, 0.717) is 6.04 Å². The van der Waals surface area contributed by atoms with Gasteiger partial charge in [-0.1, -0.05) is 32.4 Å². The largest absolute Gasteiger partial charge is 0.360 e. The number of hydrogen-bond donors (Lipinski definition) is 1. The fraction of sp³-hybridized carbons (Fsp3) is 0.682. The third-order valence-electron chi connectivity index (χ3n) is 6.64. The van der Waals surface area contributed by atoms with Crippen molar-refractivity contribution in [3.05, 3.63) is 35.2 Å². The summed E-state index contributed by atoms with van der Waals surface area (Å²) in [5, 5.41) is 12.9. The van der Waals surface area contributed by atoms with E-state index in [4.69, 9.17) is 0 Å². The number of aromatic nitrogens is 4. The molecule has 1 aliphatic rings. The zero-order chi connectivity index (χ0) is 20.3. The molecule has 0 aliphatic carbocycles. The average Bonchev–Trinajstić information content (AvgIpc) is 3.19. The number of benzene rings is 1. The van der Waals surface area contributed by atoms with Gasteiger partial charge >= 0.3 is 0 Å². The van der Waals surface area contributed by atoms with Gasteiger partial charge in [-0.25, -0.2) is 4.68 Å². The molecule has 1 saturated heterocycles. The SMILES string of the molecule is CCC[C@H](c1nnnn1C(C)(C)CC)[NH+]1CCN(c2cccc(C)c2C)CC1. The Kier molecular flexibility index (Phi) is 6.38. The van der Waals surface area contributed by atoms with Gasteiger partial charge in [0.15, 0.2) is 0 Å². The second kappa shape index (κ2) is 8.60. The lowest BCUT2D eigenvalue weighted by Crippen LogP contribution is -3.15. The maximum Gasteiger partial charge on any atom is 0.209 e. The standard InChI is InChI=1S/C22H36N6/c1-7-10-20(21-23-24-25-28(21)22(5,6)8-2)27-15-13-26(14-16-27)19-12-9-11-17(3)18(19)4/h9,11-12,20H,7-8,10,13-16H2,1-6H3/p+1/t20-/m1/s1. The number of nitrogens with zero attached hydrogens (tertiary/aromatic N) is 5. The van der Waals surface area contributed by atoms with Crippen LogP contribution in [0.1, 0.15) is 70.0 Å². The molecule has 28 heavy (non-hydrogen) atoms. The maximum absolute atomic E-state index is 4.49. The van der Waals surface area contributed by atoms with E-state index < -0.39 is 0 Å². The van der Waals surface area contributed by atoms with Gasteiger partial charge in [-0.15, -0.1) is 5.10 Å². The zero-order valence-electron chi connectivity index (χ0n) is 18.5. The minimum atomic E-state index is -0.0508. The van der Waals surface area contributed by atoms with Gasteiger partial charge < -0.3 is 9.80 Å². The molecule has 6 nitrogen and oxygen atoms in total. The van der Waals surface area contributed by atoms with Crippen molar-refractivity contribution in [1.82, 2.24) is 20.2 Å². The lowest BCUT2D eigenvalue weighted by atomic mass is 10.0. The smallest absolute Gasteiger partial charge is 0.209 e. The summed E-state index contributed by atoms with van der Waals surface area (Å²) < 4.78 is 2.08. The molecule has 0 bridgehead atoms. The second-order valence-corrected chi connectivity index (χ2v) is 8.82. The van der Waals surface area contributed by atoms with E-state index in [1.54, 1.807) is 4.90 Å². The van der Waals surface area contributed by atoms with E-state index in [-0.39, 0.29) is 5.54 Å². The summed E-state index contributed by atoms with van der Waals surface area (Å²) >= 11 is 0. The van der Waals surface area contributed by atoms with Gasteiger partial charge in [-0.05, 0) is 61.7 Å². The van der Waals surface area contributed by atoms with E-state index in [0.717, 1.165) is 51.3 Å². The van der Waals surface area contributed by atoms with Crippen molar-refractivity contribution >= 4 is 5.69 Å². The first-order valence-electron chi connectivity index (χ1n) is 10.8. The van der Waals surface area contributed by atoms with Gasteiger partial charge in [0.25, 0.3) is 0 Å². The van der Waals surface area contributed by atoms with Crippen LogP contribution in [0.15, 0.2) is 18.2 Å². The Morgan fingerprint density at radius 3 is 2.50 bits per heavy atom. The van der Waals surface area contributed by atoms with Crippen molar-refractivity contribution in [1.29, 1.82) is 0 Å². The number of rotatable bonds is 7. The van der Waals surface area contributed by atoms with Crippen molar-refractivity contribution in [3.63, 3.8) is 0 Å². The highest BCUT2D eigenvalue weighted by Crippen LogP contribution is 2.25. The first kappa shape index (κ1) is 20.8. The van der Waals surface area contributed by atoms with Crippen molar-refractivity contribution in [2.45, 2.75) is 72.4 Å². The van der Waals surface area contributed by atoms with Crippen LogP contribution >= 0.6 is 0 Å². The van der Waals surface area contributed by atoms with Crippen molar-refractivity contribution in [3.8, 4) is 0 Å². The highest BCUT2D eigenvalue weighted by molar-refractivity contribution is 5.56. The third kappa shape index (κ3) is 4.07. The first-order valence-corrected chi connectivity index (χ1v) is 10.8. The molecule has 0 spiro atoms. The molecule has 3 rings (SSSR count). The molecule has 1 aliphatic heterocycles. The fourth-order valence-corrected chi connectivity index (χ4v) is 4.26. The molecule has 1 atom stereocenters. The number of quaternary nitrogens is 1. The Morgan fingerprint density at radius 2 is 1.86 bits per heavy atom. The Labute approximate surface area is 169 Å². The summed E-state index contributed by atoms with van der Waals surface area (Å²) in [5.41, 5.74) is 4.12. The minimum Gasteiger partial charge on any atom is -0.360 e. The lowest BCUT2D eigenvalue weighted by molar-refractivity contribution is -0.933. The molecular formula is C22H37N6+.